The lowest BCUT2D eigenvalue weighted by molar-refractivity contribution is -0.144. The van der Waals surface area contributed by atoms with E-state index in [0.29, 0.717) is 31.0 Å². The van der Waals surface area contributed by atoms with Crippen molar-refractivity contribution in [3.8, 4) is 5.69 Å². The summed E-state index contributed by atoms with van der Waals surface area (Å²) in [6.07, 6.45) is -5.50. The zero-order chi connectivity index (χ0) is 23.8. The standard InChI is InChI=1S/C20H18F3N3O5S/c1-10(18(28)30-4)11(2)31-9-14-13-7-12(5-6-15(13)32-24-14)26-17(27)8-16(20(21,22)23)25(3)19(26)29/h5-8,11H,1,9H2,2-4H3. The van der Waals surface area contributed by atoms with E-state index in [-0.39, 0.29) is 17.9 Å². The van der Waals surface area contributed by atoms with Crippen molar-refractivity contribution in [1.29, 1.82) is 0 Å². The van der Waals surface area contributed by atoms with E-state index in [9.17, 15) is 27.6 Å². The van der Waals surface area contributed by atoms with Gasteiger partial charge in [0.05, 0.1) is 41.5 Å². The van der Waals surface area contributed by atoms with E-state index in [4.69, 9.17) is 4.74 Å². The average molecular weight is 469 g/mol. The van der Waals surface area contributed by atoms with Crippen molar-refractivity contribution in [2.45, 2.75) is 25.8 Å². The van der Waals surface area contributed by atoms with Gasteiger partial charge in [-0.15, -0.1) is 0 Å². The van der Waals surface area contributed by atoms with E-state index in [1.54, 1.807) is 13.0 Å². The summed E-state index contributed by atoms with van der Waals surface area (Å²) in [6, 6.07) is 4.91. The first-order chi connectivity index (χ1) is 15.0. The van der Waals surface area contributed by atoms with Gasteiger partial charge in [-0.05, 0) is 36.7 Å². The van der Waals surface area contributed by atoms with Crippen molar-refractivity contribution in [2.75, 3.05) is 7.11 Å². The molecule has 3 rings (SSSR count). The number of fused-ring (bicyclic) bond motifs is 1. The Hall–Kier alpha value is -3.25. The summed E-state index contributed by atoms with van der Waals surface area (Å²) in [6.45, 7) is 5.22. The molecule has 2 heterocycles. The van der Waals surface area contributed by atoms with Crippen LogP contribution in [0.1, 0.15) is 18.3 Å². The summed E-state index contributed by atoms with van der Waals surface area (Å²) in [5.74, 6) is -0.611. The predicted octanol–water partition coefficient (Wildman–Crippen LogP) is 2.80. The van der Waals surface area contributed by atoms with Crippen molar-refractivity contribution in [2.24, 2.45) is 7.05 Å². The number of benzene rings is 1. The monoisotopic (exact) mass is 469 g/mol. The molecule has 1 unspecified atom stereocenters. The Kier molecular flexibility index (Phi) is 6.37. The minimum absolute atomic E-state index is 0.0133. The van der Waals surface area contributed by atoms with Gasteiger partial charge >= 0.3 is 17.8 Å². The van der Waals surface area contributed by atoms with E-state index in [2.05, 4.69) is 15.7 Å². The predicted molar refractivity (Wildman–Crippen MR) is 111 cm³/mol. The van der Waals surface area contributed by atoms with Gasteiger partial charge in [0.1, 0.15) is 5.69 Å². The summed E-state index contributed by atoms with van der Waals surface area (Å²) < 4.78 is 55.5. The molecule has 8 nitrogen and oxygen atoms in total. The molecule has 2 aromatic heterocycles. The number of ether oxygens (including phenoxy) is 2. The maximum Gasteiger partial charge on any atom is 0.431 e. The van der Waals surface area contributed by atoms with Crippen LogP contribution in [0.15, 0.2) is 46.0 Å². The highest BCUT2D eigenvalue weighted by atomic mass is 32.1. The molecule has 0 aliphatic heterocycles. The second-order valence-corrected chi connectivity index (χ2v) is 7.63. The van der Waals surface area contributed by atoms with Crippen molar-refractivity contribution in [1.82, 2.24) is 13.5 Å². The quantitative estimate of drug-likeness (QED) is 0.407. The van der Waals surface area contributed by atoms with Crippen LogP contribution in [-0.4, -0.2) is 32.7 Å². The van der Waals surface area contributed by atoms with Crippen molar-refractivity contribution < 1.29 is 27.4 Å². The van der Waals surface area contributed by atoms with Crippen LogP contribution < -0.4 is 11.2 Å². The second kappa shape index (κ2) is 8.71. The first-order valence-electron chi connectivity index (χ1n) is 9.13. The van der Waals surface area contributed by atoms with Crippen molar-refractivity contribution in [3.63, 3.8) is 0 Å². The minimum atomic E-state index is -4.84. The fraction of sp³-hybridized carbons (Fsp3) is 0.300. The van der Waals surface area contributed by atoms with Crippen LogP contribution in [0.3, 0.4) is 0 Å². The molecule has 0 aliphatic carbocycles. The number of aromatic nitrogens is 3. The third-order valence-electron chi connectivity index (χ3n) is 4.81. The Morgan fingerprint density at radius 3 is 2.59 bits per heavy atom. The fourth-order valence-corrected chi connectivity index (χ4v) is 3.72. The molecule has 32 heavy (non-hydrogen) atoms. The average Bonchev–Trinajstić information content (AvgIpc) is 3.15. The summed E-state index contributed by atoms with van der Waals surface area (Å²) >= 11 is 1.14. The summed E-state index contributed by atoms with van der Waals surface area (Å²) in [5.41, 5.74) is -2.90. The molecule has 1 atom stereocenters. The lowest BCUT2D eigenvalue weighted by Gasteiger charge is -2.14. The minimum Gasteiger partial charge on any atom is -0.466 e. The molecule has 0 fully saturated rings. The van der Waals surface area contributed by atoms with E-state index < -0.39 is 35.2 Å². The van der Waals surface area contributed by atoms with Crippen LogP contribution in [0, 0.1) is 0 Å². The number of alkyl halides is 3. The van der Waals surface area contributed by atoms with Crippen LogP contribution >= 0.6 is 11.5 Å². The Morgan fingerprint density at radius 2 is 1.97 bits per heavy atom. The maximum absolute atomic E-state index is 13.1. The number of halogens is 3. The number of esters is 1. The van der Waals surface area contributed by atoms with Gasteiger partial charge in [-0.1, -0.05) is 6.58 Å². The SMILES string of the molecule is C=C(C(=O)OC)C(C)OCc1nsc2ccc(-n3c(=O)cc(C(F)(F)F)n(C)c3=O)cc12. The molecule has 0 aliphatic rings. The second-order valence-electron chi connectivity index (χ2n) is 6.82. The van der Waals surface area contributed by atoms with Crippen molar-refractivity contribution >= 4 is 27.6 Å². The highest BCUT2D eigenvalue weighted by Gasteiger charge is 2.35. The Balaban J connectivity index is 1.99. The largest absolute Gasteiger partial charge is 0.466 e. The molecule has 0 spiro atoms. The Bertz CT molecular complexity index is 1320. The third-order valence-corrected chi connectivity index (χ3v) is 5.67. The molecular weight excluding hydrogens is 451 g/mol. The third kappa shape index (κ3) is 4.36. The number of nitrogens with zero attached hydrogens (tertiary/aromatic N) is 3. The van der Waals surface area contributed by atoms with E-state index >= 15 is 0 Å². The lowest BCUT2D eigenvalue weighted by Crippen LogP contribution is -2.40. The van der Waals surface area contributed by atoms with Gasteiger partial charge in [-0.2, -0.15) is 17.5 Å². The van der Waals surface area contributed by atoms with E-state index in [1.165, 1.54) is 19.2 Å². The topological polar surface area (TPSA) is 92.4 Å². The van der Waals surface area contributed by atoms with Crippen LogP contribution in [0.4, 0.5) is 13.2 Å². The molecule has 12 heteroatoms. The molecule has 0 bridgehead atoms. The molecule has 1 aromatic carbocycles. The summed E-state index contributed by atoms with van der Waals surface area (Å²) in [4.78, 5) is 36.5. The Morgan fingerprint density at radius 1 is 1.28 bits per heavy atom. The number of carbonyl (C=O) groups is 1. The fourth-order valence-electron chi connectivity index (χ4n) is 2.96. The van der Waals surface area contributed by atoms with Gasteiger partial charge in [0.15, 0.2) is 0 Å². The zero-order valence-electron chi connectivity index (χ0n) is 17.2. The first kappa shape index (κ1) is 23.4. The maximum atomic E-state index is 13.1. The molecule has 0 saturated carbocycles. The van der Waals surface area contributed by atoms with Gasteiger partial charge in [0.2, 0.25) is 0 Å². The van der Waals surface area contributed by atoms with Crippen LogP contribution in [0.2, 0.25) is 0 Å². The first-order valence-corrected chi connectivity index (χ1v) is 9.90. The molecular formula is C20H18F3N3O5S. The van der Waals surface area contributed by atoms with Gasteiger partial charge < -0.3 is 9.47 Å². The zero-order valence-corrected chi connectivity index (χ0v) is 18.0. The molecule has 0 amide bonds. The number of methoxy groups -OCH3 is 1. The van der Waals surface area contributed by atoms with E-state index in [0.717, 1.165) is 18.6 Å². The van der Waals surface area contributed by atoms with E-state index in [1.807, 2.05) is 0 Å². The highest BCUT2D eigenvalue weighted by Crippen LogP contribution is 2.28. The van der Waals surface area contributed by atoms with Crippen molar-refractivity contribution in [3.05, 3.63) is 68.6 Å². The molecule has 0 saturated heterocycles. The number of hydrogen-bond acceptors (Lipinski definition) is 7. The van der Waals surface area contributed by atoms with Crippen LogP contribution in [-0.2, 0) is 34.1 Å². The van der Waals surface area contributed by atoms with Gasteiger partial charge in [0.25, 0.3) is 5.56 Å². The molecule has 0 radical (unpaired) electrons. The molecule has 3 aromatic rings. The number of hydrogen-bond donors (Lipinski definition) is 0. The van der Waals surface area contributed by atoms with Gasteiger partial charge in [-0.25, -0.2) is 14.2 Å². The smallest absolute Gasteiger partial charge is 0.431 e. The number of carbonyl (C=O) groups excluding carboxylic acids is 1. The normalized spacial score (nSPS) is 12.7. The molecule has 170 valence electrons. The molecule has 0 N–H and O–H groups in total. The highest BCUT2D eigenvalue weighted by molar-refractivity contribution is 7.13. The number of rotatable bonds is 6. The van der Waals surface area contributed by atoms with Crippen LogP contribution in [0.25, 0.3) is 15.8 Å². The lowest BCUT2D eigenvalue weighted by atomic mass is 10.2. The van der Waals surface area contributed by atoms with Gasteiger partial charge in [-0.3, -0.25) is 9.36 Å². The Labute approximate surface area is 183 Å². The summed E-state index contributed by atoms with van der Waals surface area (Å²) in [5, 5.41) is 0.553. The van der Waals surface area contributed by atoms with Crippen LogP contribution in [0.5, 0.6) is 0 Å². The summed E-state index contributed by atoms with van der Waals surface area (Å²) in [7, 11) is 2.17. The van der Waals surface area contributed by atoms with Gasteiger partial charge in [0, 0.05) is 18.5 Å².